The molecule has 1 aromatic carbocycles. The molecule has 96 valence electrons. The molecule has 0 radical (unpaired) electrons. The van der Waals surface area contributed by atoms with Gasteiger partial charge in [-0.3, -0.25) is 0 Å². The second-order valence-electron chi connectivity index (χ2n) is 4.26. The van der Waals surface area contributed by atoms with Gasteiger partial charge in [0.1, 0.15) is 5.69 Å². The fourth-order valence-electron chi connectivity index (χ4n) is 1.92. The molecule has 0 unspecified atom stereocenters. The maximum Gasteiger partial charge on any atom is 0.280 e. The molecule has 18 heavy (non-hydrogen) atoms. The van der Waals surface area contributed by atoms with E-state index in [0.717, 1.165) is 11.1 Å². The average molecular weight is 251 g/mol. The van der Waals surface area contributed by atoms with Crippen LogP contribution in [-0.2, 0) is 6.54 Å². The molecule has 2 rings (SSSR count). The molecular weight excluding hydrogens is 236 g/mol. The zero-order valence-electron chi connectivity index (χ0n) is 10.3. The Balaban J connectivity index is 2.63. The second-order valence-corrected chi connectivity index (χ2v) is 4.26. The van der Waals surface area contributed by atoms with Crippen LogP contribution < -0.4 is 5.73 Å². The van der Waals surface area contributed by atoms with E-state index in [4.69, 9.17) is 5.73 Å². The predicted molar refractivity (Wildman–Crippen MR) is 65.9 cm³/mol. The summed E-state index contributed by atoms with van der Waals surface area (Å²) in [7, 11) is 0. The van der Waals surface area contributed by atoms with Gasteiger partial charge in [-0.05, 0) is 31.0 Å². The number of hydrogen-bond acceptors (Lipinski definition) is 2. The summed E-state index contributed by atoms with van der Waals surface area (Å²) >= 11 is 0. The Kier molecular flexibility index (Phi) is 3.43. The van der Waals surface area contributed by atoms with E-state index < -0.39 is 6.43 Å². The van der Waals surface area contributed by atoms with Gasteiger partial charge in [-0.1, -0.05) is 12.1 Å². The van der Waals surface area contributed by atoms with Crippen molar-refractivity contribution in [1.29, 1.82) is 0 Å². The molecule has 2 N–H and O–H groups in total. The summed E-state index contributed by atoms with van der Waals surface area (Å²) in [5.74, 6) is 0. The molecular formula is C13H15F2N3. The molecule has 5 heteroatoms. The van der Waals surface area contributed by atoms with Gasteiger partial charge in [-0.15, -0.1) is 0 Å². The molecule has 0 bridgehead atoms. The van der Waals surface area contributed by atoms with Crippen molar-refractivity contribution in [3.8, 4) is 5.69 Å². The van der Waals surface area contributed by atoms with E-state index in [2.05, 4.69) is 5.10 Å². The molecule has 0 atom stereocenters. The molecule has 0 fully saturated rings. The van der Waals surface area contributed by atoms with Gasteiger partial charge in [0.15, 0.2) is 0 Å². The maximum absolute atomic E-state index is 13.1. The number of benzene rings is 1. The number of aromatic nitrogens is 2. The van der Waals surface area contributed by atoms with Crippen LogP contribution in [0, 0.1) is 13.8 Å². The summed E-state index contributed by atoms with van der Waals surface area (Å²) in [6.45, 7) is 3.84. The Morgan fingerprint density at radius 2 is 2.06 bits per heavy atom. The maximum atomic E-state index is 13.1. The minimum atomic E-state index is -2.59. The first-order chi connectivity index (χ1) is 8.54. The lowest BCUT2D eigenvalue weighted by Gasteiger charge is -2.11. The fraction of sp³-hybridized carbons (Fsp3) is 0.308. The topological polar surface area (TPSA) is 43.8 Å². The van der Waals surface area contributed by atoms with Gasteiger partial charge < -0.3 is 5.73 Å². The number of rotatable bonds is 3. The fourth-order valence-corrected chi connectivity index (χ4v) is 1.92. The first kappa shape index (κ1) is 12.7. The van der Waals surface area contributed by atoms with Gasteiger partial charge in [0, 0.05) is 12.1 Å². The Labute approximate surface area is 104 Å². The average Bonchev–Trinajstić information content (AvgIpc) is 2.75. The van der Waals surface area contributed by atoms with E-state index in [1.54, 1.807) is 0 Å². The van der Waals surface area contributed by atoms with Gasteiger partial charge in [-0.25, -0.2) is 13.5 Å². The first-order valence-corrected chi connectivity index (χ1v) is 5.67. The lowest BCUT2D eigenvalue weighted by atomic mass is 10.1. The Morgan fingerprint density at radius 1 is 1.33 bits per heavy atom. The lowest BCUT2D eigenvalue weighted by Crippen LogP contribution is -2.08. The Hall–Kier alpha value is -1.75. The third kappa shape index (κ3) is 2.13. The third-order valence-electron chi connectivity index (χ3n) is 2.91. The van der Waals surface area contributed by atoms with Crippen LogP contribution in [-0.4, -0.2) is 9.78 Å². The summed E-state index contributed by atoms with van der Waals surface area (Å²) in [5.41, 5.74) is 8.29. The van der Waals surface area contributed by atoms with Crippen LogP contribution in [0.25, 0.3) is 5.69 Å². The standard InChI is InChI=1S/C13H15F2N3/c1-8-3-4-9(2)11(5-8)18-12(13(14)15)10(6-16)7-17-18/h3-5,7,13H,6,16H2,1-2H3. The minimum Gasteiger partial charge on any atom is -0.326 e. The van der Waals surface area contributed by atoms with E-state index in [0.29, 0.717) is 11.3 Å². The highest BCUT2D eigenvalue weighted by Crippen LogP contribution is 2.27. The molecule has 2 aromatic rings. The number of halogens is 2. The van der Waals surface area contributed by atoms with E-state index in [1.165, 1.54) is 10.9 Å². The number of nitrogens with zero attached hydrogens (tertiary/aromatic N) is 2. The molecule has 1 aromatic heterocycles. The molecule has 0 aliphatic heterocycles. The zero-order valence-corrected chi connectivity index (χ0v) is 10.3. The van der Waals surface area contributed by atoms with Gasteiger partial charge in [0.05, 0.1) is 11.9 Å². The SMILES string of the molecule is Cc1ccc(C)c(-n2ncc(CN)c2C(F)F)c1. The van der Waals surface area contributed by atoms with Gasteiger partial charge in [-0.2, -0.15) is 5.10 Å². The highest BCUT2D eigenvalue weighted by atomic mass is 19.3. The zero-order chi connectivity index (χ0) is 13.3. The summed E-state index contributed by atoms with van der Waals surface area (Å²) in [5, 5.41) is 4.04. The smallest absolute Gasteiger partial charge is 0.280 e. The second kappa shape index (κ2) is 4.86. The van der Waals surface area contributed by atoms with Gasteiger partial charge in [0.2, 0.25) is 0 Å². The highest BCUT2D eigenvalue weighted by molar-refractivity contribution is 5.44. The predicted octanol–water partition coefficient (Wildman–Crippen LogP) is 2.89. The summed E-state index contributed by atoms with van der Waals surface area (Å²) in [4.78, 5) is 0. The van der Waals surface area contributed by atoms with Crippen LogP contribution in [0.15, 0.2) is 24.4 Å². The van der Waals surface area contributed by atoms with E-state index >= 15 is 0 Å². The molecule has 0 amide bonds. The molecule has 3 nitrogen and oxygen atoms in total. The van der Waals surface area contributed by atoms with Crippen molar-refractivity contribution in [2.75, 3.05) is 0 Å². The quantitative estimate of drug-likeness (QED) is 0.911. The van der Waals surface area contributed by atoms with Crippen LogP contribution in [0.4, 0.5) is 8.78 Å². The van der Waals surface area contributed by atoms with E-state index in [9.17, 15) is 8.78 Å². The first-order valence-electron chi connectivity index (χ1n) is 5.67. The van der Waals surface area contributed by atoms with Crippen LogP contribution in [0.3, 0.4) is 0 Å². The molecule has 0 saturated heterocycles. The lowest BCUT2D eigenvalue weighted by molar-refractivity contribution is 0.141. The van der Waals surface area contributed by atoms with Crippen molar-refractivity contribution < 1.29 is 8.78 Å². The molecule has 1 heterocycles. The van der Waals surface area contributed by atoms with Crippen molar-refractivity contribution in [3.63, 3.8) is 0 Å². The van der Waals surface area contributed by atoms with Crippen LogP contribution in [0.1, 0.15) is 28.8 Å². The summed E-state index contributed by atoms with van der Waals surface area (Å²) in [6.07, 6.45) is -1.19. The Bertz CT molecular complexity index is 561. The van der Waals surface area contributed by atoms with Crippen molar-refractivity contribution >= 4 is 0 Å². The van der Waals surface area contributed by atoms with Crippen molar-refractivity contribution in [2.45, 2.75) is 26.8 Å². The van der Waals surface area contributed by atoms with E-state index in [1.807, 2.05) is 32.0 Å². The van der Waals surface area contributed by atoms with Crippen LogP contribution in [0.2, 0.25) is 0 Å². The molecule has 0 aliphatic rings. The van der Waals surface area contributed by atoms with Gasteiger partial charge >= 0.3 is 0 Å². The van der Waals surface area contributed by atoms with Gasteiger partial charge in [0.25, 0.3) is 6.43 Å². The highest BCUT2D eigenvalue weighted by Gasteiger charge is 2.20. The minimum absolute atomic E-state index is 0.0601. The van der Waals surface area contributed by atoms with Crippen molar-refractivity contribution in [1.82, 2.24) is 9.78 Å². The summed E-state index contributed by atoms with van der Waals surface area (Å²) in [6, 6.07) is 5.67. The molecule has 0 spiro atoms. The van der Waals surface area contributed by atoms with Crippen molar-refractivity contribution in [2.24, 2.45) is 5.73 Å². The number of aryl methyl sites for hydroxylation is 2. The number of nitrogens with two attached hydrogens (primary N) is 1. The monoisotopic (exact) mass is 251 g/mol. The number of hydrogen-bond donors (Lipinski definition) is 1. The normalized spacial score (nSPS) is 11.2. The van der Waals surface area contributed by atoms with Crippen LogP contribution in [0.5, 0.6) is 0 Å². The number of alkyl halides is 2. The van der Waals surface area contributed by atoms with Crippen molar-refractivity contribution in [3.05, 3.63) is 46.8 Å². The van der Waals surface area contributed by atoms with E-state index in [-0.39, 0.29) is 12.2 Å². The summed E-state index contributed by atoms with van der Waals surface area (Å²) < 4.78 is 27.5. The largest absolute Gasteiger partial charge is 0.326 e. The third-order valence-corrected chi connectivity index (χ3v) is 2.91. The molecule has 0 saturated carbocycles. The van der Waals surface area contributed by atoms with Crippen LogP contribution >= 0.6 is 0 Å². The Morgan fingerprint density at radius 3 is 2.67 bits per heavy atom. The molecule has 0 aliphatic carbocycles.